The molecule has 0 unspecified atom stereocenters. The average Bonchev–Trinajstić information content (AvgIpc) is 3.10. The van der Waals surface area contributed by atoms with Gasteiger partial charge in [0.2, 0.25) is 0 Å². The minimum Gasteiger partial charge on any atom is -0.497 e. The summed E-state index contributed by atoms with van der Waals surface area (Å²) < 4.78 is 10.6. The summed E-state index contributed by atoms with van der Waals surface area (Å²) in [6, 6.07) is 17.5. The molecule has 0 saturated carbocycles. The van der Waals surface area contributed by atoms with Gasteiger partial charge >= 0.3 is 6.03 Å². The highest BCUT2D eigenvalue weighted by molar-refractivity contribution is 6.07. The van der Waals surface area contributed by atoms with Gasteiger partial charge in [0.05, 0.1) is 25.8 Å². The second-order valence-electron chi connectivity index (χ2n) is 9.47. The second-order valence-corrected chi connectivity index (χ2v) is 9.47. The number of aromatic nitrogens is 1. The summed E-state index contributed by atoms with van der Waals surface area (Å²) in [6.45, 7) is 3.21. The Kier molecular flexibility index (Phi) is 6.89. The number of pyridine rings is 1. The number of rotatable bonds is 8. The fraction of sp³-hybridized carbons (Fsp3) is 0.393. The summed E-state index contributed by atoms with van der Waals surface area (Å²) >= 11 is 0. The number of hydrogen-bond donors (Lipinski definition) is 0. The Bertz CT molecular complexity index is 1250. The Morgan fingerprint density at radius 3 is 2.53 bits per heavy atom. The van der Waals surface area contributed by atoms with Crippen molar-refractivity contribution in [3.05, 3.63) is 71.9 Å². The number of methoxy groups -OCH3 is 2. The van der Waals surface area contributed by atoms with Gasteiger partial charge in [0.1, 0.15) is 11.3 Å². The van der Waals surface area contributed by atoms with Crippen LogP contribution in [0.25, 0.3) is 10.9 Å². The highest BCUT2D eigenvalue weighted by Gasteiger charge is 2.57. The third-order valence-electron chi connectivity index (χ3n) is 7.41. The lowest BCUT2D eigenvalue weighted by Gasteiger charge is -2.42. The van der Waals surface area contributed by atoms with Crippen LogP contribution < -0.4 is 4.74 Å². The van der Waals surface area contributed by atoms with E-state index in [2.05, 4.69) is 34.1 Å². The van der Waals surface area contributed by atoms with Crippen molar-refractivity contribution < 1.29 is 19.1 Å². The average molecular weight is 489 g/mol. The summed E-state index contributed by atoms with van der Waals surface area (Å²) in [4.78, 5) is 37.4. The van der Waals surface area contributed by atoms with Gasteiger partial charge in [-0.2, -0.15) is 0 Å². The molecule has 0 atom stereocenters. The molecule has 5 rings (SSSR count). The molecule has 3 aromatic rings. The Morgan fingerprint density at radius 1 is 0.972 bits per heavy atom. The predicted molar refractivity (Wildman–Crippen MR) is 137 cm³/mol. The Balaban J connectivity index is 1.34. The van der Waals surface area contributed by atoms with E-state index in [1.54, 1.807) is 19.1 Å². The zero-order valence-corrected chi connectivity index (χ0v) is 20.9. The molecule has 188 valence electrons. The fourth-order valence-electron chi connectivity index (χ4n) is 5.47. The van der Waals surface area contributed by atoms with Crippen molar-refractivity contribution in [2.45, 2.75) is 31.5 Å². The zero-order chi connectivity index (χ0) is 25.1. The highest BCUT2D eigenvalue weighted by atomic mass is 16.5. The zero-order valence-electron chi connectivity index (χ0n) is 20.9. The molecule has 1 spiro atoms. The molecule has 2 aliphatic rings. The third-order valence-corrected chi connectivity index (χ3v) is 7.41. The first-order valence-corrected chi connectivity index (χ1v) is 12.4. The summed E-state index contributed by atoms with van der Waals surface area (Å²) in [7, 11) is 3.22. The number of carbonyl (C=O) groups is 2. The minimum atomic E-state index is -0.831. The number of nitrogens with zero attached hydrogens (tertiary/aromatic N) is 4. The van der Waals surface area contributed by atoms with E-state index >= 15 is 0 Å². The molecule has 3 heterocycles. The number of likely N-dealkylation sites (tertiary alicyclic amines) is 1. The van der Waals surface area contributed by atoms with Crippen molar-refractivity contribution in [1.29, 1.82) is 0 Å². The highest BCUT2D eigenvalue weighted by Crippen LogP contribution is 2.38. The molecule has 1 aromatic heterocycles. The van der Waals surface area contributed by atoms with Gasteiger partial charge in [-0.3, -0.25) is 19.6 Å². The van der Waals surface area contributed by atoms with Crippen molar-refractivity contribution in [1.82, 2.24) is 19.7 Å². The van der Waals surface area contributed by atoms with Crippen LogP contribution in [-0.4, -0.2) is 77.6 Å². The van der Waals surface area contributed by atoms with Crippen LogP contribution in [0.1, 0.15) is 24.0 Å². The van der Waals surface area contributed by atoms with Crippen LogP contribution in [-0.2, 0) is 22.6 Å². The van der Waals surface area contributed by atoms with Gasteiger partial charge in [0.15, 0.2) is 0 Å². The Labute approximate surface area is 211 Å². The number of benzene rings is 2. The first kappa shape index (κ1) is 24.2. The van der Waals surface area contributed by atoms with Crippen LogP contribution in [0.15, 0.2) is 60.8 Å². The van der Waals surface area contributed by atoms with Crippen LogP contribution in [0.2, 0.25) is 0 Å². The third kappa shape index (κ3) is 4.42. The SMILES string of the molecule is COCCN1C(=O)N(Cc2cccc(OC)c2)C(=O)C12CCN(Cc1cccc3cccnc13)CC2. The van der Waals surface area contributed by atoms with Gasteiger partial charge in [-0.1, -0.05) is 36.4 Å². The number of urea groups is 1. The van der Waals surface area contributed by atoms with E-state index in [0.29, 0.717) is 31.7 Å². The van der Waals surface area contributed by atoms with Crippen LogP contribution in [0.4, 0.5) is 4.79 Å². The maximum absolute atomic E-state index is 13.8. The predicted octanol–water partition coefficient (Wildman–Crippen LogP) is 3.69. The maximum Gasteiger partial charge on any atom is 0.328 e. The molecule has 2 fully saturated rings. The van der Waals surface area contributed by atoms with Crippen molar-refractivity contribution in [2.75, 3.05) is 40.5 Å². The first-order valence-electron chi connectivity index (χ1n) is 12.4. The van der Waals surface area contributed by atoms with Gasteiger partial charge in [-0.05, 0) is 42.2 Å². The van der Waals surface area contributed by atoms with Crippen molar-refractivity contribution in [3.63, 3.8) is 0 Å². The van der Waals surface area contributed by atoms with Crippen molar-refractivity contribution in [3.8, 4) is 5.75 Å². The number of imide groups is 1. The quantitative estimate of drug-likeness (QED) is 0.450. The van der Waals surface area contributed by atoms with E-state index < -0.39 is 5.54 Å². The normalized spacial score (nSPS) is 17.9. The van der Waals surface area contributed by atoms with Gasteiger partial charge in [-0.15, -0.1) is 0 Å². The number of para-hydroxylation sites is 1. The number of ether oxygens (including phenoxy) is 2. The summed E-state index contributed by atoms with van der Waals surface area (Å²) in [5, 5.41) is 1.12. The van der Waals surface area contributed by atoms with Crippen LogP contribution in [0.3, 0.4) is 0 Å². The molecule has 36 heavy (non-hydrogen) atoms. The van der Waals surface area contributed by atoms with Gasteiger partial charge in [0.25, 0.3) is 5.91 Å². The molecule has 0 radical (unpaired) electrons. The molecule has 8 heteroatoms. The fourth-order valence-corrected chi connectivity index (χ4v) is 5.47. The van der Waals surface area contributed by atoms with E-state index in [0.717, 1.165) is 36.1 Å². The Hall–Kier alpha value is -3.49. The molecule has 2 aromatic carbocycles. The molecular formula is C28H32N4O4. The summed E-state index contributed by atoms with van der Waals surface area (Å²) in [5.41, 5.74) is 2.22. The number of carbonyl (C=O) groups excluding carboxylic acids is 2. The monoisotopic (exact) mass is 488 g/mol. The van der Waals surface area contributed by atoms with E-state index in [-0.39, 0.29) is 18.5 Å². The topological polar surface area (TPSA) is 75.2 Å². The van der Waals surface area contributed by atoms with E-state index in [4.69, 9.17) is 9.47 Å². The molecular weight excluding hydrogens is 456 g/mol. The molecule has 0 N–H and O–H groups in total. The van der Waals surface area contributed by atoms with Crippen LogP contribution >= 0.6 is 0 Å². The molecule has 3 amide bonds. The second kappa shape index (κ2) is 10.2. The molecule has 0 aliphatic carbocycles. The molecule has 2 aliphatic heterocycles. The first-order chi connectivity index (χ1) is 17.6. The molecule has 2 saturated heterocycles. The molecule has 0 bridgehead atoms. The van der Waals surface area contributed by atoms with Crippen LogP contribution in [0.5, 0.6) is 5.75 Å². The lowest BCUT2D eigenvalue weighted by molar-refractivity contribution is -0.136. The lowest BCUT2D eigenvalue weighted by Crippen LogP contribution is -2.57. The van der Waals surface area contributed by atoms with Crippen LogP contribution in [0, 0.1) is 0 Å². The van der Waals surface area contributed by atoms with E-state index in [1.807, 2.05) is 36.5 Å². The molecule has 8 nitrogen and oxygen atoms in total. The van der Waals surface area contributed by atoms with Gasteiger partial charge in [0, 0.05) is 44.9 Å². The summed E-state index contributed by atoms with van der Waals surface area (Å²) in [6.07, 6.45) is 3.01. The van der Waals surface area contributed by atoms with Crippen molar-refractivity contribution >= 4 is 22.8 Å². The van der Waals surface area contributed by atoms with Gasteiger partial charge < -0.3 is 14.4 Å². The number of piperidine rings is 1. The largest absolute Gasteiger partial charge is 0.497 e. The van der Waals surface area contributed by atoms with E-state index in [1.165, 1.54) is 10.5 Å². The van der Waals surface area contributed by atoms with Gasteiger partial charge in [-0.25, -0.2) is 4.79 Å². The maximum atomic E-state index is 13.8. The number of amides is 3. The van der Waals surface area contributed by atoms with Crippen molar-refractivity contribution in [2.24, 2.45) is 0 Å². The minimum absolute atomic E-state index is 0.113. The standard InChI is InChI=1S/C28H32N4O4/c1-35-17-16-32-27(34)31(19-21-6-3-10-24(18-21)36-2)26(33)28(32)11-14-30(15-12-28)20-23-8-4-7-22-9-5-13-29-25(22)23/h3-10,13,18H,11-12,14-17,19-20H2,1-2H3. The summed E-state index contributed by atoms with van der Waals surface area (Å²) in [5.74, 6) is 0.590. The number of hydrogen-bond acceptors (Lipinski definition) is 6. The lowest BCUT2D eigenvalue weighted by atomic mass is 9.85. The van der Waals surface area contributed by atoms with E-state index in [9.17, 15) is 9.59 Å². The smallest absolute Gasteiger partial charge is 0.328 e. The number of fused-ring (bicyclic) bond motifs is 1. The Morgan fingerprint density at radius 2 is 1.75 bits per heavy atom.